The van der Waals surface area contributed by atoms with Crippen molar-refractivity contribution in [1.29, 1.82) is 0 Å². The minimum atomic E-state index is -0.867. The fourth-order valence-corrected chi connectivity index (χ4v) is 2.41. The summed E-state index contributed by atoms with van der Waals surface area (Å²) in [6.45, 7) is 2.74. The van der Waals surface area contributed by atoms with Crippen molar-refractivity contribution in [2.45, 2.75) is 19.5 Å². The molecule has 5 heteroatoms. The molecule has 0 aliphatic rings. The van der Waals surface area contributed by atoms with E-state index in [0.29, 0.717) is 11.4 Å². The minimum Gasteiger partial charge on any atom is -0.477 e. The molecule has 0 aliphatic carbocycles. The van der Waals surface area contributed by atoms with Crippen molar-refractivity contribution in [1.82, 2.24) is 10.3 Å². The molecular formula is C13H14N2O2S. The van der Waals surface area contributed by atoms with Crippen molar-refractivity contribution in [2.75, 3.05) is 0 Å². The summed E-state index contributed by atoms with van der Waals surface area (Å²) in [7, 11) is 0. The number of aromatic carboxylic acids is 1. The smallest absolute Gasteiger partial charge is 0.345 e. The van der Waals surface area contributed by atoms with Crippen molar-refractivity contribution in [2.24, 2.45) is 0 Å². The quantitative estimate of drug-likeness (QED) is 0.869. The Labute approximate surface area is 109 Å². The average Bonchev–Trinajstić information content (AvgIpc) is 2.86. The second-order valence-corrected chi connectivity index (χ2v) is 5.12. The highest BCUT2D eigenvalue weighted by molar-refractivity contribution is 7.13. The summed E-state index contributed by atoms with van der Waals surface area (Å²) in [5.74, 6) is -0.867. The van der Waals surface area contributed by atoms with Crippen molar-refractivity contribution in [3.05, 3.63) is 52.0 Å². The van der Waals surface area contributed by atoms with E-state index < -0.39 is 5.97 Å². The van der Waals surface area contributed by atoms with Crippen LogP contribution in [0.2, 0.25) is 0 Å². The Balaban J connectivity index is 1.93. The standard InChI is InChI=1S/C13H14N2O2S/c1-9(10-4-6-14-7-5-10)15-8-11-2-3-12(18-11)13(16)17/h2-7,9,15H,8H2,1H3,(H,16,17)/t9-/m1/s1. The number of carboxylic acids is 1. The van der Waals surface area contributed by atoms with Crippen molar-refractivity contribution >= 4 is 17.3 Å². The van der Waals surface area contributed by atoms with Crippen molar-refractivity contribution < 1.29 is 9.90 Å². The first-order valence-corrected chi connectivity index (χ1v) is 6.44. The van der Waals surface area contributed by atoms with Crippen LogP contribution in [0, 0.1) is 0 Å². The lowest BCUT2D eigenvalue weighted by atomic mass is 10.1. The van der Waals surface area contributed by atoms with Crippen LogP contribution in [0.4, 0.5) is 0 Å². The summed E-state index contributed by atoms with van der Waals surface area (Å²) in [5.41, 5.74) is 1.17. The Kier molecular flexibility index (Phi) is 4.07. The van der Waals surface area contributed by atoms with E-state index in [1.807, 2.05) is 18.2 Å². The number of nitrogens with one attached hydrogen (secondary N) is 1. The summed E-state index contributed by atoms with van der Waals surface area (Å²) in [5, 5.41) is 12.2. The topological polar surface area (TPSA) is 62.2 Å². The normalized spacial score (nSPS) is 12.3. The van der Waals surface area contributed by atoms with Gasteiger partial charge in [0.15, 0.2) is 0 Å². The number of thiophene rings is 1. The van der Waals surface area contributed by atoms with E-state index in [0.717, 1.165) is 4.88 Å². The monoisotopic (exact) mass is 262 g/mol. The summed E-state index contributed by atoms with van der Waals surface area (Å²) in [4.78, 5) is 16.1. The lowest BCUT2D eigenvalue weighted by Gasteiger charge is -2.12. The SMILES string of the molecule is C[C@@H](NCc1ccc(C(=O)O)s1)c1ccncc1. The zero-order chi connectivity index (χ0) is 13.0. The van der Waals surface area contributed by atoms with Gasteiger partial charge < -0.3 is 10.4 Å². The van der Waals surface area contributed by atoms with E-state index in [9.17, 15) is 4.79 Å². The Morgan fingerprint density at radius 3 is 2.72 bits per heavy atom. The maximum absolute atomic E-state index is 10.8. The van der Waals surface area contributed by atoms with Gasteiger partial charge in [0.2, 0.25) is 0 Å². The number of nitrogens with zero attached hydrogens (tertiary/aromatic N) is 1. The van der Waals surface area contributed by atoms with E-state index in [-0.39, 0.29) is 6.04 Å². The summed E-state index contributed by atoms with van der Waals surface area (Å²) in [6.07, 6.45) is 3.53. The van der Waals surface area contributed by atoms with Gasteiger partial charge in [-0.05, 0) is 36.8 Å². The molecule has 2 rings (SSSR count). The van der Waals surface area contributed by atoms with E-state index in [1.54, 1.807) is 18.5 Å². The van der Waals surface area contributed by atoms with E-state index in [2.05, 4.69) is 17.2 Å². The number of carboxylic acid groups (broad SMARTS) is 1. The highest BCUT2D eigenvalue weighted by Crippen LogP contribution is 2.18. The highest BCUT2D eigenvalue weighted by Gasteiger charge is 2.08. The molecule has 94 valence electrons. The summed E-state index contributed by atoms with van der Waals surface area (Å²) >= 11 is 1.30. The Morgan fingerprint density at radius 2 is 2.11 bits per heavy atom. The maximum atomic E-state index is 10.8. The predicted octanol–water partition coefficient (Wildman–Crippen LogP) is 2.69. The molecule has 0 unspecified atom stereocenters. The van der Waals surface area contributed by atoms with Crippen LogP contribution >= 0.6 is 11.3 Å². The lowest BCUT2D eigenvalue weighted by Crippen LogP contribution is -2.17. The number of aromatic nitrogens is 1. The molecule has 0 bridgehead atoms. The zero-order valence-corrected chi connectivity index (χ0v) is 10.8. The molecule has 2 heterocycles. The minimum absolute atomic E-state index is 0.211. The third-order valence-corrected chi connectivity index (χ3v) is 3.73. The fourth-order valence-electron chi connectivity index (χ4n) is 1.61. The molecule has 18 heavy (non-hydrogen) atoms. The van der Waals surface area contributed by atoms with Crippen LogP contribution in [0.5, 0.6) is 0 Å². The zero-order valence-electron chi connectivity index (χ0n) is 9.96. The van der Waals surface area contributed by atoms with E-state index in [4.69, 9.17) is 5.11 Å². The van der Waals surface area contributed by atoms with Gasteiger partial charge in [0, 0.05) is 29.9 Å². The van der Waals surface area contributed by atoms with Crippen LogP contribution in [-0.2, 0) is 6.54 Å². The second-order valence-electron chi connectivity index (χ2n) is 3.95. The van der Waals surface area contributed by atoms with Gasteiger partial charge in [-0.1, -0.05) is 0 Å². The molecule has 1 atom stereocenters. The largest absolute Gasteiger partial charge is 0.477 e. The summed E-state index contributed by atoms with van der Waals surface area (Å²) < 4.78 is 0. The molecule has 2 aromatic rings. The average molecular weight is 262 g/mol. The predicted molar refractivity (Wildman–Crippen MR) is 70.8 cm³/mol. The summed E-state index contributed by atoms with van der Waals surface area (Å²) in [6, 6.07) is 7.63. The maximum Gasteiger partial charge on any atom is 0.345 e. The Hall–Kier alpha value is -1.72. The fraction of sp³-hybridized carbons (Fsp3) is 0.231. The Bertz CT molecular complexity index is 525. The Morgan fingerprint density at radius 1 is 1.39 bits per heavy atom. The van der Waals surface area contributed by atoms with Crippen LogP contribution in [0.25, 0.3) is 0 Å². The second kappa shape index (κ2) is 5.75. The first kappa shape index (κ1) is 12.7. The van der Waals surface area contributed by atoms with Gasteiger partial charge in [-0.15, -0.1) is 11.3 Å². The molecular weight excluding hydrogens is 248 g/mol. The molecule has 2 aromatic heterocycles. The first-order valence-electron chi connectivity index (χ1n) is 5.62. The van der Waals surface area contributed by atoms with E-state index in [1.165, 1.54) is 16.9 Å². The molecule has 0 saturated heterocycles. The van der Waals surface area contributed by atoms with Crippen molar-refractivity contribution in [3.8, 4) is 0 Å². The van der Waals surface area contributed by atoms with Gasteiger partial charge in [0.25, 0.3) is 0 Å². The van der Waals surface area contributed by atoms with Crippen LogP contribution in [0.3, 0.4) is 0 Å². The van der Waals surface area contributed by atoms with Crippen LogP contribution in [0.1, 0.15) is 33.1 Å². The van der Waals surface area contributed by atoms with Gasteiger partial charge in [0.05, 0.1) is 0 Å². The number of hydrogen-bond donors (Lipinski definition) is 2. The molecule has 2 N–H and O–H groups in total. The highest BCUT2D eigenvalue weighted by atomic mass is 32.1. The molecule has 0 saturated carbocycles. The van der Waals surface area contributed by atoms with Gasteiger partial charge >= 0.3 is 5.97 Å². The van der Waals surface area contributed by atoms with Gasteiger partial charge in [-0.2, -0.15) is 0 Å². The van der Waals surface area contributed by atoms with Crippen molar-refractivity contribution in [3.63, 3.8) is 0 Å². The molecule has 0 amide bonds. The van der Waals surface area contributed by atoms with E-state index >= 15 is 0 Å². The number of carbonyl (C=O) groups is 1. The molecule has 0 aromatic carbocycles. The molecule has 0 fully saturated rings. The van der Waals surface area contributed by atoms with Crippen LogP contribution in [0.15, 0.2) is 36.7 Å². The first-order chi connectivity index (χ1) is 8.66. The van der Waals surface area contributed by atoms with Crippen LogP contribution in [-0.4, -0.2) is 16.1 Å². The number of rotatable bonds is 5. The van der Waals surface area contributed by atoms with Gasteiger partial charge in [0.1, 0.15) is 4.88 Å². The third kappa shape index (κ3) is 3.15. The molecule has 0 spiro atoms. The van der Waals surface area contributed by atoms with Gasteiger partial charge in [-0.3, -0.25) is 4.98 Å². The molecule has 4 nitrogen and oxygen atoms in total. The molecule has 0 aliphatic heterocycles. The lowest BCUT2D eigenvalue weighted by molar-refractivity contribution is 0.0702. The van der Waals surface area contributed by atoms with Gasteiger partial charge in [-0.25, -0.2) is 4.79 Å². The molecule has 0 radical (unpaired) electrons. The third-order valence-electron chi connectivity index (χ3n) is 2.66. The van der Waals surface area contributed by atoms with Crippen LogP contribution < -0.4 is 5.32 Å². The number of hydrogen-bond acceptors (Lipinski definition) is 4. The number of pyridine rings is 1.